The summed E-state index contributed by atoms with van der Waals surface area (Å²) in [6.45, 7) is 1.75. The summed E-state index contributed by atoms with van der Waals surface area (Å²) in [6, 6.07) is 1.41. The van der Waals surface area contributed by atoms with E-state index in [1.807, 2.05) is 0 Å². The molecule has 0 amide bonds. The third-order valence-electron chi connectivity index (χ3n) is 2.48. The van der Waals surface area contributed by atoms with Gasteiger partial charge in [0.1, 0.15) is 11.4 Å². The standard InChI is InChI=1S/C11H16F3N3O2S/c1-3-16-9-5-6-15-7-10(9)20(18,19)17(4-2)8-11(12,13)14/h5-7H,3-4,8H2,1-2H3,(H,15,16). The summed E-state index contributed by atoms with van der Waals surface area (Å²) in [5.41, 5.74) is 0.239. The second-order valence-electron chi connectivity index (χ2n) is 3.95. The first-order valence-corrected chi connectivity index (χ1v) is 7.41. The Morgan fingerprint density at radius 2 is 2.00 bits per heavy atom. The van der Waals surface area contributed by atoms with E-state index in [1.165, 1.54) is 19.2 Å². The number of sulfonamides is 1. The predicted octanol–water partition coefficient (Wildman–Crippen LogP) is 2.09. The molecule has 0 aliphatic carbocycles. The number of pyridine rings is 1. The van der Waals surface area contributed by atoms with Crippen molar-refractivity contribution in [2.45, 2.75) is 24.9 Å². The molecule has 0 spiro atoms. The Hall–Kier alpha value is -1.35. The lowest BCUT2D eigenvalue weighted by molar-refractivity contribution is -0.135. The maximum Gasteiger partial charge on any atom is 0.402 e. The molecule has 0 aliphatic rings. The third-order valence-corrected chi connectivity index (χ3v) is 4.43. The highest BCUT2D eigenvalue weighted by atomic mass is 32.2. The number of hydrogen-bond donors (Lipinski definition) is 1. The molecule has 0 bridgehead atoms. The number of halogens is 3. The quantitative estimate of drug-likeness (QED) is 0.874. The summed E-state index contributed by atoms with van der Waals surface area (Å²) in [7, 11) is -4.25. The highest BCUT2D eigenvalue weighted by Gasteiger charge is 2.37. The number of rotatable bonds is 6. The van der Waals surface area contributed by atoms with Crippen molar-refractivity contribution < 1.29 is 21.6 Å². The molecule has 1 heterocycles. The number of nitrogens with one attached hydrogen (secondary N) is 1. The first-order chi connectivity index (χ1) is 9.22. The number of aromatic nitrogens is 1. The van der Waals surface area contributed by atoms with Crippen molar-refractivity contribution in [1.82, 2.24) is 9.29 Å². The van der Waals surface area contributed by atoms with Gasteiger partial charge < -0.3 is 5.32 Å². The van der Waals surface area contributed by atoms with Crippen LogP contribution < -0.4 is 5.32 Å². The minimum atomic E-state index is -4.59. The Morgan fingerprint density at radius 1 is 1.35 bits per heavy atom. The second kappa shape index (κ2) is 6.40. The minimum Gasteiger partial charge on any atom is -0.384 e. The van der Waals surface area contributed by atoms with Crippen LogP contribution in [0.3, 0.4) is 0 Å². The SMILES string of the molecule is CCNc1ccncc1S(=O)(=O)N(CC)CC(F)(F)F. The lowest BCUT2D eigenvalue weighted by atomic mass is 10.4. The zero-order chi connectivity index (χ0) is 15.4. The van der Waals surface area contributed by atoms with E-state index in [1.54, 1.807) is 6.92 Å². The zero-order valence-corrected chi connectivity index (χ0v) is 11.9. The molecule has 9 heteroatoms. The molecule has 0 saturated heterocycles. The molecule has 0 unspecified atom stereocenters. The molecule has 0 atom stereocenters. The van der Waals surface area contributed by atoms with Gasteiger partial charge in [0.15, 0.2) is 0 Å². The van der Waals surface area contributed by atoms with Gasteiger partial charge in [0.25, 0.3) is 0 Å². The van der Waals surface area contributed by atoms with Gasteiger partial charge in [0.05, 0.1) is 5.69 Å². The summed E-state index contributed by atoms with van der Waals surface area (Å²) in [5.74, 6) is 0. The van der Waals surface area contributed by atoms with Crippen LogP contribution in [0.4, 0.5) is 18.9 Å². The Balaban J connectivity index is 3.21. The fraction of sp³-hybridized carbons (Fsp3) is 0.545. The van der Waals surface area contributed by atoms with Crippen LogP contribution in [0.1, 0.15) is 13.8 Å². The van der Waals surface area contributed by atoms with E-state index in [9.17, 15) is 21.6 Å². The molecule has 0 saturated carbocycles. The van der Waals surface area contributed by atoms with Gasteiger partial charge in [-0.15, -0.1) is 0 Å². The average molecular weight is 311 g/mol. The Morgan fingerprint density at radius 3 is 2.50 bits per heavy atom. The van der Waals surface area contributed by atoms with Gasteiger partial charge in [0, 0.05) is 25.5 Å². The van der Waals surface area contributed by atoms with Crippen molar-refractivity contribution in [2.75, 3.05) is 25.0 Å². The summed E-state index contributed by atoms with van der Waals surface area (Å²) in [5, 5.41) is 2.80. The van der Waals surface area contributed by atoms with Crippen LogP contribution in [0.25, 0.3) is 0 Å². The minimum absolute atomic E-state index is 0.239. The van der Waals surface area contributed by atoms with Crippen molar-refractivity contribution in [3.8, 4) is 0 Å². The second-order valence-corrected chi connectivity index (χ2v) is 5.85. The monoisotopic (exact) mass is 311 g/mol. The number of alkyl halides is 3. The van der Waals surface area contributed by atoms with E-state index in [4.69, 9.17) is 0 Å². The molecule has 20 heavy (non-hydrogen) atoms. The van der Waals surface area contributed by atoms with Crippen LogP contribution in [-0.2, 0) is 10.0 Å². The Bertz CT molecular complexity index is 546. The van der Waals surface area contributed by atoms with E-state index >= 15 is 0 Å². The van der Waals surface area contributed by atoms with Crippen LogP contribution in [0.2, 0.25) is 0 Å². The number of anilines is 1. The summed E-state index contributed by atoms with van der Waals surface area (Å²) < 4.78 is 62.3. The fourth-order valence-corrected chi connectivity index (χ4v) is 3.17. The lowest BCUT2D eigenvalue weighted by Gasteiger charge is -2.23. The van der Waals surface area contributed by atoms with Gasteiger partial charge in [-0.1, -0.05) is 6.92 Å². The molecule has 0 aliphatic heterocycles. The van der Waals surface area contributed by atoms with Crippen LogP contribution >= 0.6 is 0 Å². The lowest BCUT2D eigenvalue weighted by Crippen LogP contribution is -2.39. The van der Waals surface area contributed by atoms with E-state index in [0.29, 0.717) is 10.8 Å². The van der Waals surface area contributed by atoms with Crippen molar-refractivity contribution in [1.29, 1.82) is 0 Å². The molecule has 5 nitrogen and oxygen atoms in total. The first kappa shape index (κ1) is 16.7. The van der Waals surface area contributed by atoms with Crippen LogP contribution in [0.15, 0.2) is 23.4 Å². The number of hydrogen-bond acceptors (Lipinski definition) is 4. The van der Waals surface area contributed by atoms with Crippen molar-refractivity contribution in [2.24, 2.45) is 0 Å². The van der Waals surface area contributed by atoms with Gasteiger partial charge in [-0.2, -0.15) is 17.5 Å². The fourth-order valence-electron chi connectivity index (χ4n) is 1.63. The molecule has 114 valence electrons. The smallest absolute Gasteiger partial charge is 0.384 e. The molecule has 1 aromatic rings. The van der Waals surface area contributed by atoms with Crippen molar-refractivity contribution in [3.63, 3.8) is 0 Å². The molecule has 0 radical (unpaired) electrons. The molecule has 1 aromatic heterocycles. The Labute approximate surface area is 115 Å². The molecule has 0 fully saturated rings. The molecular formula is C11H16F3N3O2S. The van der Waals surface area contributed by atoms with Crippen LogP contribution in [0, 0.1) is 0 Å². The van der Waals surface area contributed by atoms with Crippen molar-refractivity contribution >= 4 is 15.7 Å². The predicted molar refractivity (Wildman–Crippen MR) is 68.9 cm³/mol. The van der Waals surface area contributed by atoms with Gasteiger partial charge in [-0.25, -0.2) is 8.42 Å². The normalized spacial score (nSPS) is 12.7. The molecule has 1 rings (SSSR count). The van der Waals surface area contributed by atoms with E-state index in [-0.39, 0.29) is 17.1 Å². The highest BCUT2D eigenvalue weighted by Crippen LogP contribution is 2.26. The van der Waals surface area contributed by atoms with Gasteiger partial charge >= 0.3 is 6.18 Å². The molecule has 0 aromatic carbocycles. The van der Waals surface area contributed by atoms with Crippen molar-refractivity contribution in [3.05, 3.63) is 18.5 Å². The number of nitrogens with zero attached hydrogens (tertiary/aromatic N) is 2. The average Bonchev–Trinajstić information content (AvgIpc) is 2.35. The topological polar surface area (TPSA) is 62.3 Å². The summed E-state index contributed by atoms with van der Waals surface area (Å²) >= 11 is 0. The van der Waals surface area contributed by atoms with Crippen LogP contribution in [-0.4, -0.2) is 43.5 Å². The summed E-state index contributed by atoms with van der Waals surface area (Å²) in [6.07, 6.45) is -2.17. The van der Waals surface area contributed by atoms with E-state index in [2.05, 4.69) is 10.3 Å². The first-order valence-electron chi connectivity index (χ1n) is 5.97. The van der Waals surface area contributed by atoms with Gasteiger partial charge in [0.2, 0.25) is 10.0 Å². The van der Waals surface area contributed by atoms with Gasteiger partial charge in [-0.05, 0) is 13.0 Å². The van der Waals surface area contributed by atoms with Crippen LogP contribution in [0.5, 0.6) is 0 Å². The maximum absolute atomic E-state index is 12.5. The molecular weight excluding hydrogens is 295 g/mol. The van der Waals surface area contributed by atoms with E-state index < -0.39 is 22.7 Å². The highest BCUT2D eigenvalue weighted by molar-refractivity contribution is 7.89. The summed E-state index contributed by atoms with van der Waals surface area (Å²) in [4.78, 5) is 3.42. The third kappa shape index (κ3) is 4.07. The Kier molecular flexibility index (Phi) is 5.35. The largest absolute Gasteiger partial charge is 0.402 e. The zero-order valence-electron chi connectivity index (χ0n) is 11.1. The maximum atomic E-state index is 12.5. The molecule has 1 N–H and O–H groups in total. The van der Waals surface area contributed by atoms with Gasteiger partial charge in [-0.3, -0.25) is 4.98 Å². The van der Waals surface area contributed by atoms with E-state index in [0.717, 1.165) is 6.20 Å².